The van der Waals surface area contributed by atoms with E-state index in [4.69, 9.17) is 4.74 Å². The van der Waals surface area contributed by atoms with Gasteiger partial charge >= 0.3 is 18.0 Å². The van der Waals surface area contributed by atoms with Crippen LogP contribution in [0.2, 0.25) is 0 Å². The highest BCUT2D eigenvalue weighted by atomic mass is 32.2. The second-order valence-electron chi connectivity index (χ2n) is 7.57. The zero-order chi connectivity index (χ0) is 19.4. The molecule has 11 heteroatoms. The van der Waals surface area contributed by atoms with E-state index in [2.05, 4.69) is 10.0 Å². The van der Waals surface area contributed by atoms with Gasteiger partial charge in [0, 0.05) is 12.0 Å². The first-order valence-corrected chi connectivity index (χ1v) is 9.52. The number of sulfonamides is 1. The van der Waals surface area contributed by atoms with E-state index < -0.39 is 63.0 Å². The summed E-state index contributed by atoms with van der Waals surface area (Å²) in [5, 5.41) is 21.3. The van der Waals surface area contributed by atoms with E-state index in [1.807, 2.05) is 0 Å². The zero-order valence-corrected chi connectivity index (χ0v) is 15.1. The Balaban J connectivity index is 2.32. The van der Waals surface area contributed by atoms with Crippen LogP contribution in [0.1, 0.15) is 27.2 Å². The second kappa shape index (κ2) is 5.84. The first-order chi connectivity index (χ1) is 11.2. The third-order valence-electron chi connectivity index (χ3n) is 4.41. The van der Waals surface area contributed by atoms with Crippen LogP contribution in [0.15, 0.2) is 0 Å². The number of rotatable bonds is 5. The lowest BCUT2D eigenvalue weighted by atomic mass is 9.89. The number of carbonyl (C=O) groups excluding carboxylic acids is 1. The standard InChI is InChI=1S/C14H22N2O8S/c1-13(2,3)24-12(21)15-14(11(19)20)5-6(16-25(4,22)23)7-8(9(7)14)10(17)18/h6-9,16H,5H2,1-4H3,(H,15,21)(H,17,18)(H,19,20). The van der Waals surface area contributed by atoms with Gasteiger partial charge in [-0.3, -0.25) is 4.79 Å². The third-order valence-corrected chi connectivity index (χ3v) is 5.14. The summed E-state index contributed by atoms with van der Waals surface area (Å²) in [6.45, 7) is 4.80. The molecule has 2 aliphatic carbocycles. The lowest BCUT2D eigenvalue weighted by molar-refractivity contribution is -0.147. The van der Waals surface area contributed by atoms with E-state index in [0.717, 1.165) is 6.26 Å². The Morgan fingerprint density at radius 1 is 1.20 bits per heavy atom. The fourth-order valence-electron chi connectivity index (χ4n) is 3.71. The van der Waals surface area contributed by atoms with Crippen LogP contribution in [0.3, 0.4) is 0 Å². The minimum Gasteiger partial charge on any atom is -0.481 e. The number of ether oxygens (including phenoxy) is 1. The Kier molecular flexibility index (Phi) is 4.54. The molecule has 4 N–H and O–H groups in total. The molecule has 2 saturated carbocycles. The molecular weight excluding hydrogens is 356 g/mol. The van der Waals surface area contributed by atoms with Gasteiger partial charge in [0.05, 0.1) is 12.2 Å². The number of amides is 1. The number of hydrogen-bond donors (Lipinski definition) is 4. The van der Waals surface area contributed by atoms with Gasteiger partial charge in [-0.25, -0.2) is 22.7 Å². The smallest absolute Gasteiger partial charge is 0.408 e. The average molecular weight is 378 g/mol. The number of fused-ring (bicyclic) bond motifs is 1. The number of alkyl carbamates (subject to hydrolysis) is 1. The zero-order valence-electron chi connectivity index (χ0n) is 14.3. The van der Waals surface area contributed by atoms with Crippen molar-refractivity contribution in [3.8, 4) is 0 Å². The average Bonchev–Trinajstić information content (AvgIpc) is 3.01. The molecule has 0 radical (unpaired) electrons. The lowest BCUT2D eigenvalue weighted by Crippen LogP contribution is -2.58. The number of carbonyl (C=O) groups is 3. The molecule has 25 heavy (non-hydrogen) atoms. The Labute approximate surface area is 145 Å². The first kappa shape index (κ1) is 19.4. The molecule has 0 aromatic rings. The van der Waals surface area contributed by atoms with Crippen LogP contribution in [-0.4, -0.2) is 60.1 Å². The molecular formula is C14H22N2O8S. The number of aliphatic carboxylic acids is 2. The van der Waals surface area contributed by atoms with Gasteiger partial charge in [0.2, 0.25) is 10.0 Å². The predicted molar refractivity (Wildman–Crippen MR) is 84.2 cm³/mol. The van der Waals surface area contributed by atoms with Gasteiger partial charge in [0.15, 0.2) is 0 Å². The first-order valence-electron chi connectivity index (χ1n) is 7.62. The van der Waals surface area contributed by atoms with Gasteiger partial charge < -0.3 is 20.3 Å². The quantitative estimate of drug-likeness (QED) is 0.503. The normalized spacial score (nSPS) is 34.1. The van der Waals surface area contributed by atoms with Crippen molar-refractivity contribution in [2.45, 2.75) is 44.4 Å². The van der Waals surface area contributed by atoms with Crippen molar-refractivity contribution >= 4 is 28.1 Å². The summed E-state index contributed by atoms with van der Waals surface area (Å²) in [5.41, 5.74) is -2.78. The van der Waals surface area contributed by atoms with Gasteiger partial charge in [-0.05, 0) is 33.1 Å². The molecule has 0 aromatic heterocycles. The molecule has 5 unspecified atom stereocenters. The maximum atomic E-state index is 12.1. The van der Waals surface area contributed by atoms with E-state index in [-0.39, 0.29) is 6.42 Å². The highest BCUT2D eigenvalue weighted by Gasteiger charge is 2.76. The topological polar surface area (TPSA) is 159 Å². The summed E-state index contributed by atoms with van der Waals surface area (Å²) >= 11 is 0. The van der Waals surface area contributed by atoms with Crippen LogP contribution in [-0.2, 0) is 24.3 Å². The predicted octanol–water partition coefficient (Wildman–Crippen LogP) is -0.397. The summed E-state index contributed by atoms with van der Waals surface area (Å²) in [6, 6.07) is -0.896. The van der Waals surface area contributed by atoms with Crippen molar-refractivity contribution in [2.75, 3.05) is 6.26 Å². The van der Waals surface area contributed by atoms with Crippen molar-refractivity contribution in [1.29, 1.82) is 0 Å². The van der Waals surface area contributed by atoms with Crippen LogP contribution in [0.4, 0.5) is 4.79 Å². The number of nitrogens with one attached hydrogen (secondary N) is 2. The Morgan fingerprint density at radius 2 is 1.76 bits per heavy atom. The Morgan fingerprint density at radius 3 is 2.16 bits per heavy atom. The monoisotopic (exact) mass is 378 g/mol. The maximum Gasteiger partial charge on any atom is 0.408 e. The van der Waals surface area contributed by atoms with Gasteiger partial charge in [-0.15, -0.1) is 0 Å². The largest absolute Gasteiger partial charge is 0.481 e. The molecule has 2 aliphatic rings. The van der Waals surface area contributed by atoms with E-state index in [0.29, 0.717) is 0 Å². The number of carboxylic acid groups (broad SMARTS) is 2. The minimum absolute atomic E-state index is 0.256. The van der Waals surface area contributed by atoms with Crippen LogP contribution in [0.25, 0.3) is 0 Å². The van der Waals surface area contributed by atoms with Gasteiger partial charge in [0.1, 0.15) is 11.1 Å². The van der Waals surface area contributed by atoms with Crippen molar-refractivity contribution in [1.82, 2.24) is 10.0 Å². The van der Waals surface area contributed by atoms with Crippen molar-refractivity contribution in [2.24, 2.45) is 17.8 Å². The van der Waals surface area contributed by atoms with Crippen LogP contribution in [0, 0.1) is 17.8 Å². The fourth-order valence-corrected chi connectivity index (χ4v) is 4.50. The molecule has 2 rings (SSSR count). The lowest BCUT2D eigenvalue weighted by Gasteiger charge is -2.31. The highest BCUT2D eigenvalue weighted by Crippen LogP contribution is 2.62. The molecule has 0 aromatic carbocycles. The molecule has 0 bridgehead atoms. The van der Waals surface area contributed by atoms with Gasteiger partial charge in [0.25, 0.3) is 0 Å². The molecule has 142 valence electrons. The van der Waals surface area contributed by atoms with E-state index >= 15 is 0 Å². The summed E-state index contributed by atoms with van der Waals surface area (Å²) < 4.78 is 30.4. The van der Waals surface area contributed by atoms with Crippen molar-refractivity contribution in [3.63, 3.8) is 0 Å². The molecule has 0 spiro atoms. The minimum atomic E-state index is -3.68. The second-order valence-corrected chi connectivity index (χ2v) is 9.35. The summed E-state index contributed by atoms with van der Waals surface area (Å²) in [5.74, 6) is -5.34. The SMILES string of the molecule is CC(C)(C)OC(=O)NC1(C(=O)O)CC(NS(C)(=O)=O)C2C(C(=O)O)C21. The number of hydrogen-bond acceptors (Lipinski definition) is 6. The molecule has 0 aliphatic heterocycles. The Bertz CT molecular complexity index is 713. The summed E-state index contributed by atoms with van der Waals surface area (Å²) in [7, 11) is -3.68. The van der Waals surface area contributed by atoms with E-state index in [1.54, 1.807) is 20.8 Å². The molecule has 10 nitrogen and oxygen atoms in total. The van der Waals surface area contributed by atoms with Crippen molar-refractivity contribution in [3.05, 3.63) is 0 Å². The van der Waals surface area contributed by atoms with Crippen LogP contribution < -0.4 is 10.0 Å². The highest BCUT2D eigenvalue weighted by molar-refractivity contribution is 7.88. The van der Waals surface area contributed by atoms with Crippen LogP contribution in [0.5, 0.6) is 0 Å². The molecule has 1 amide bonds. The third kappa shape index (κ3) is 3.87. The maximum absolute atomic E-state index is 12.1. The fraction of sp³-hybridized carbons (Fsp3) is 0.786. The molecule has 5 atom stereocenters. The van der Waals surface area contributed by atoms with Gasteiger partial charge in [-0.2, -0.15) is 0 Å². The molecule has 0 heterocycles. The van der Waals surface area contributed by atoms with Crippen molar-refractivity contribution < 1.29 is 37.8 Å². The molecule has 0 saturated heterocycles. The van der Waals surface area contributed by atoms with Crippen LogP contribution >= 0.6 is 0 Å². The van der Waals surface area contributed by atoms with Gasteiger partial charge in [-0.1, -0.05) is 0 Å². The summed E-state index contributed by atoms with van der Waals surface area (Å²) in [4.78, 5) is 35.4. The number of carboxylic acids is 2. The van der Waals surface area contributed by atoms with E-state index in [1.165, 1.54) is 0 Å². The Hall–Kier alpha value is -1.88. The molecule has 2 fully saturated rings. The van der Waals surface area contributed by atoms with E-state index in [9.17, 15) is 33.0 Å². The summed E-state index contributed by atoms with van der Waals surface area (Å²) in [6.07, 6.45) is -0.347.